The van der Waals surface area contributed by atoms with Gasteiger partial charge in [-0.3, -0.25) is 4.98 Å². The Labute approximate surface area is 100 Å². The number of nitrogens with one attached hydrogen (secondary N) is 1. The maximum atomic E-state index is 6.08. The predicted octanol–water partition coefficient (Wildman–Crippen LogP) is 3.91. The van der Waals surface area contributed by atoms with Gasteiger partial charge in [-0.2, -0.15) is 0 Å². The number of benzene rings is 1. The molecule has 1 heterocycles. The second-order valence-corrected chi connectivity index (χ2v) is 4.03. The molecule has 1 unspecified atom stereocenters. The van der Waals surface area contributed by atoms with Gasteiger partial charge in [0.1, 0.15) is 0 Å². The smallest absolute Gasteiger partial charge is 0.0637 e. The lowest BCUT2D eigenvalue weighted by atomic mass is 10.1. The van der Waals surface area contributed by atoms with Crippen molar-refractivity contribution in [3.63, 3.8) is 0 Å². The fraction of sp³-hybridized carbons (Fsp3) is 0.154. The van der Waals surface area contributed by atoms with Crippen LogP contribution in [0.2, 0.25) is 5.02 Å². The molecule has 0 saturated heterocycles. The van der Waals surface area contributed by atoms with Crippen LogP contribution in [0.15, 0.2) is 48.8 Å². The van der Waals surface area contributed by atoms with Gasteiger partial charge in [0, 0.05) is 18.4 Å². The lowest BCUT2D eigenvalue weighted by Gasteiger charge is -2.16. The first-order chi connectivity index (χ1) is 7.77. The van der Waals surface area contributed by atoms with Crippen LogP contribution in [0, 0.1) is 0 Å². The fourth-order valence-corrected chi connectivity index (χ4v) is 1.74. The number of halogens is 1. The fourth-order valence-electron chi connectivity index (χ4n) is 1.55. The van der Waals surface area contributed by atoms with Gasteiger partial charge in [0.2, 0.25) is 0 Å². The van der Waals surface area contributed by atoms with Gasteiger partial charge in [-0.05, 0) is 36.8 Å². The minimum atomic E-state index is 0.211. The summed E-state index contributed by atoms with van der Waals surface area (Å²) in [6.45, 7) is 2.10. The van der Waals surface area contributed by atoms with Crippen molar-refractivity contribution in [1.82, 2.24) is 4.98 Å². The van der Waals surface area contributed by atoms with E-state index in [2.05, 4.69) is 17.2 Å². The summed E-state index contributed by atoms with van der Waals surface area (Å²) in [4.78, 5) is 4.00. The van der Waals surface area contributed by atoms with Gasteiger partial charge in [-0.1, -0.05) is 23.7 Å². The molecular weight excluding hydrogens is 220 g/mol. The summed E-state index contributed by atoms with van der Waals surface area (Å²) in [5.41, 5.74) is 2.14. The van der Waals surface area contributed by atoms with Crippen molar-refractivity contribution in [2.24, 2.45) is 0 Å². The summed E-state index contributed by atoms with van der Waals surface area (Å²) in [6.07, 6.45) is 3.58. The standard InChI is InChI=1S/C13H13ClN2/c1-10(11-6-8-15-9-7-11)16-13-5-3-2-4-12(13)14/h2-10,16H,1H3. The highest BCUT2D eigenvalue weighted by Gasteiger charge is 2.06. The van der Waals surface area contributed by atoms with E-state index in [4.69, 9.17) is 11.6 Å². The Kier molecular flexibility index (Phi) is 3.42. The van der Waals surface area contributed by atoms with E-state index in [1.807, 2.05) is 36.4 Å². The summed E-state index contributed by atoms with van der Waals surface area (Å²) in [5, 5.41) is 4.11. The van der Waals surface area contributed by atoms with Crippen LogP contribution in [0.3, 0.4) is 0 Å². The first kappa shape index (κ1) is 11.0. The maximum absolute atomic E-state index is 6.08. The van der Waals surface area contributed by atoms with Crippen molar-refractivity contribution in [1.29, 1.82) is 0 Å². The van der Waals surface area contributed by atoms with E-state index >= 15 is 0 Å². The van der Waals surface area contributed by atoms with Crippen molar-refractivity contribution in [3.8, 4) is 0 Å². The zero-order valence-electron chi connectivity index (χ0n) is 9.02. The number of hydrogen-bond donors (Lipinski definition) is 1. The summed E-state index contributed by atoms with van der Waals surface area (Å²) < 4.78 is 0. The quantitative estimate of drug-likeness (QED) is 0.868. The van der Waals surface area contributed by atoms with Crippen LogP contribution in [-0.2, 0) is 0 Å². The SMILES string of the molecule is CC(Nc1ccccc1Cl)c1ccncc1. The zero-order chi connectivity index (χ0) is 11.4. The lowest BCUT2D eigenvalue weighted by molar-refractivity contribution is 0.881. The van der Waals surface area contributed by atoms with Gasteiger partial charge in [-0.15, -0.1) is 0 Å². The van der Waals surface area contributed by atoms with Crippen molar-refractivity contribution in [3.05, 3.63) is 59.4 Å². The van der Waals surface area contributed by atoms with Crippen LogP contribution in [0.25, 0.3) is 0 Å². The van der Waals surface area contributed by atoms with E-state index < -0.39 is 0 Å². The molecule has 1 N–H and O–H groups in total. The molecule has 0 saturated carbocycles. The number of para-hydroxylation sites is 1. The van der Waals surface area contributed by atoms with Crippen LogP contribution in [0.5, 0.6) is 0 Å². The van der Waals surface area contributed by atoms with Crippen molar-refractivity contribution in [2.45, 2.75) is 13.0 Å². The van der Waals surface area contributed by atoms with E-state index in [9.17, 15) is 0 Å². The molecule has 16 heavy (non-hydrogen) atoms. The first-order valence-electron chi connectivity index (χ1n) is 5.18. The van der Waals surface area contributed by atoms with Crippen molar-refractivity contribution in [2.75, 3.05) is 5.32 Å². The second kappa shape index (κ2) is 4.99. The second-order valence-electron chi connectivity index (χ2n) is 3.63. The Morgan fingerprint density at radius 3 is 2.50 bits per heavy atom. The topological polar surface area (TPSA) is 24.9 Å². The molecule has 0 fully saturated rings. The molecule has 0 aliphatic rings. The van der Waals surface area contributed by atoms with Crippen molar-refractivity contribution >= 4 is 17.3 Å². The van der Waals surface area contributed by atoms with Gasteiger partial charge in [0.25, 0.3) is 0 Å². The van der Waals surface area contributed by atoms with Gasteiger partial charge < -0.3 is 5.32 Å². The highest BCUT2D eigenvalue weighted by atomic mass is 35.5. The van der Waals surface area contributed by atoms with E-state index in [0.717, 1.165) is 10.7 Å². The number of rotatable bonds is 3. The monoisotopic (exact) mass is 232 g/mol. The number of hydrogen-bond acceptors (Lipinski definition) is 2. The molecule has 3 heteroatoms. The zero-order valence-corrected chi connectivity index (χ0v) is 9.78. The number of aromatic nitrogens is 1. The third kappa shape index (κ3) is 2.52. The summed E-state index contributed by atoms with van der Waals surface area (Å²) in [5.74, 6) is 0. The maximum Gasteiger partial charge on any atom is 0.0637 e. The Hall–Kier alpha value is -1.54. The Balaban J connectivity index is 2.14. The Morgan fingerprint density at radius 1 is 1.12 bits per heavy atom. The van der Waals surface area contributed by atoms with Crippen LogP contribution in [-0.4, -0.2) is 4.98 Å². The molecule has 0 aliphatic heterocycles. The van der Waals surface area contributed by atoms with Crippen LogP contribution >= 0.6 is 11.6 Å². The van der Waals surface area contributed by atoms with Gasteiger partial charge in [0.05, 0.1) is 10.7 Å². The lowest BCUT2D eigenvalue weighted by Crippen LogP contribution is -2.06. The molecule has 0 amide bonds. The minimum Gasteiger partial charge on any atom is -0.377 e. The van der Waals surface area contributed by atoms with E-state index in [1.54, 1.807) is 12.4 Å². The highest BCUT2D eigenvalue weighted by Crippen LogP contribution is 2.25. The van der Waals surface area contributed by atoms with E-state index in [1.165, 1.54) is 5.56 Å². The van der Waals surface area contributed by atoms with Crippen LogP contribution in [0.1, 0.15) is 18.5 Å². The third-order valence-corrected chi connectivity index (χ3v) is 2.78. The minimum absolute atomic E-state index is 0.211. The first-order valence-corrected chi connectivity index (χ1v) is 5.56. The molecule has 2 aromatic rings. The molecule has 0 radical (unpaired) electrons. The molecule has 1 aromatic carbocycles. The molecule has 1 atom stereocenters. The molecule has 2 nitrogen and oxygen atoms in total. The van der Waals surface area contributed by atoms with Gasteiger partial charge in [0.15, 0.2) is 0 Å². The number of nitrogens with zero attached hydrogens (tertiary/aromatic N) is 1. The average molecular weight is 233 g/mol. The third-order valence-electron chi connectivity index (χ3n) is 2.45. The average Bonchev–Trinajstić information content (AvgIpc) is 2.33. The number of pyridine rings is 1. The molecule has 0 spiro atoms. The van der Waals surface area contributed by atoms with E-state index in [-0.39, 0.29) is 6.04 Å². The molecule has 82 valence electrons. The van der Waals surface area contributed by atoms with Gasteiger partial charge >= 0.3 is 0 Å². The molecule has 1 aromatic heterocycles. The van der Waals surface area contributed by atoms with Crippen LogP contribution < -0.4 is 5.32 Å². The summed E-state index contributed by atoms with van der Waals surface area (Å²) >= 11 is 6.08. The summed E-state index contributed by atoms with van der Waals surface area (Å²) in [6, 6.07) is 11.9. The molecule has 2 rings (SSSR count). The molecular formula is C13H13ClN2. The predicted molar refractivity (Wildman–Crippen MR) is 67.7 cm³/mol. The highest BCUT2D eigenvalue weighted by molar-refractivity contribution is 6.33. The molecule has 0 bridgehead atoms. The van der Waals surface area contributed by atoms with Gasteiger partial charge in [-0.25, -0.2) is 0 Å². The van der Waals surface area contributed by atoms with Crippen molar-refractivity contribution < 1.29 is 0 Å². The number of anilines is 1. The molecule has 0 aliphatic carbocycles. The Bertz CT molecular complexity index is 456. The van der Waals surface area contributed by atoms with Crippen LogP contribution in [0.4, 0.5) is 5.69 Å². The Morgan fingerprint density at radius 2 is 1.81 bits per heavy atom. The summed E-state index contributed by atoms with van der Waals surface area (Å²) in [7, 11) is 0. The van der Waals surface area contributed by atoms with E-state index in [0.29, 0.717) is 0 Å². The largest absolute Gasteiger partial charge is 0.377 e. The normalized spacial score (nSPS) is 12.1.